The van der Waals surface area contributed by atoms with E-state index in [4.69, 9.17) is 13.9 Å². The lowest BCUT2D eigenvalue weighted by atomic mass is 10.1. The van der Waals surface area contributed by atoms with Gasteiger partial charge >= 0.3 is 11.9 Å². The van der Waals surface area contributed by atoms with Crippen molar-refractivity contribution < 1.29 is 33.1 Å². The zero-order chi connectivity index (χ0) is 22.1. The molecule has 0 saturated carbocycles. The predicted molar refractivity (Wildman–Crippen MR) is 109 cm³/mol. The minimum absolute atomic E-state index is 0.0370. The molecule has 0 saturated heterocycles. The highest BCUT2D eigenvalue weighted by atomic mass is 16.5. The number of nitrogens with one attached hydrogen (secondary N) is 1. The Balaban J connectivity index is 2.08. The van der Waals surface area contributed by atoms with Gasteiger partial charge < -0.3 is 13.9 Å². The van der Waals surface area contributed by atoms with Crippen molar-refractivity contribution in [1.82, 2.24) is 0 Å². The van der Waals surface area contributed by atoms with E-state index < -0.39 is 17.8 Å². The molecule has 1 N–H and O–H groups in total. The van der Waals surface area contributed by atoms with Crippen LogP contribution < -0.4 is 5.32 Å². The van der Waals surface area contributed by atoms with Gasteiger partial charge in [-0.2, -0.15) is 0 Å². The third-order valence-electron chi connectivity index (χ3n) is 4.20. The molecule has 0 aliphatic carbocycles. The number of esters is 2. The fraction of sp³-hybridized carbons (Fsp3) is 0.364. The van der Waals surface area contributed by atoms with Crippen molar-refractivity contribution in [3.8, 4) is 0 Å². The number of rotatable bonds is 10. The highest BCUT2D eigenvalue weighted by Crippen LogP contribution is 2.29. The Bertz CT molecular complexity index is 915. The highest BCUT2D eigenvalue weighted by molar-refractivity contribution is 6.09. The number of benzene rings is 1. The van der Waals surface area contributed by atoms with Crippen molar-refractivity contribution in [3.05, 3.63) is 52.8 Å². The molecule has 1 aromatic carbocycles. The lowest BCUT2D eigenvalue weighted by Gasteiger charge is -2.07. The van der Waals surface area contributed by atoms with Crippen LogP contribution in [0, 0.1) is 6.92 Å². The fourth-order valence-electron chi connectivity index (χ4n) is 2.85. The second-order valence-electron chi connectivity index (χ2n) is 6.37. The maximum Gasteiger partial charge on any atom is 0.344 e. The first-order chi connectivity index (χ1) is 14.4. The van der Waals surface area contributed by atoms with Crippen molar-refractivity contribution in [3.63, 3.8) is 0 Å². The molecule has 1 amide bonds. The fourth-order valence-corrected chi connectivity index (χ4v) is 2.85. The van der Waals surface area contributed by atoms with Gasteiger partial charge in [-0.15, -0.1) is 0 Å². The molecule has 30 heavy (non-hydrogen) atoms. The second kappa shape index (κ2) is 10.9. The molecule has 0 fully saturated rings. The molecule has 2 aromatic rings. The number of ketones is 1. The summed E-state index contributed by atoms with van der Waals surface area (Å²) in [4.78, 5) is 49.0. The van der Waals surface area contributed by atoms with Crippen molar-refractivity contribution in [2.24, 2.45) is 0 Å². The van der Waals surface area contributed by atoms with Crippen LogP contribution in [0.1, 0.15) is 69.9 Å². The van der Waals surface area contributed by atoms with Gasteiger partial charge in [-0.1, -0.05) is 30.3 Å². The Labute approximate surface area is 174 Å². The quantitative estimate of drug-likeness (QED) is 0.462. The van der Waals surface area contributed by atoms with Crippen LogP contribution in [-0.2, 0) is 14.3 Å². The summed E-state index contributed by atoms with van der Waals surface area (Å²) >= 11 is 0. The van der Waals surface area contributed by atoms with E-state index in [-0.39, 0.29) is 54.6 Å². The van der Waals surface area contributed by atoms with Gasteiger partial charge in [0.25, 0.3) is 0 Å². The van der Waals surface area contributed by atoms with Crippen LogP contribution in [0.25, 0.3) is 0 Å². The third kappa shape index (κ3) is 5.79. The molecule has 8 nitrogen and oxygen atoms in total. The van der Waals surface area contributed by atoms with E-state index in [9.17, 15) is 19.2 Å². The molecule has 0 radical (unpaired) electrons. The van der Waals surface area contributed by atoms with Crippen LogP contribution in [0.4, 0.5) is 5.88 Å². The molecule has 0 aliphatic rings. The van der Waals surface area contributed by atoms with Crippen LogP contribution in [0.5, 0.6) is 0 Å². The van der Waals surface area contributed by atoms with Crippen molar-refractivity contribution in [2.75, 3.05) is 18.5 Å². The zero-order valence-electron chi connectivity index (χ0n) is 17.3. The number of anilines is 1. The normalized spacial score (nSPS) is 10.4. The molecular formula is C22H25NO7. The number of furan rings is 1. The number of aryl methyl sites for hydroxylation is 1. The van der Waals surface area contributed by atoms with E-state index in [1.165, 1.54) is 6.92 Å². The first-order valence-electron chi connectivity index (χ1n) is 9.74. The van der Waals surface area contributed by atoms with Crippen molar-refractivity contribution >= 4 is 29.5 Å². The van der Waals surface area contributed by atoms with Gasteiger partial charge in [0, 0.05) is 18.4 Å². The van der Waals surface area contributed by atoms with Crippen LogP contribution >= 0.6 is 0 Å². The summed E-state index contributed by atoms with van der Waals surface area (Å²) in [5.74, 6) is -2.10. The first-order valence-corrected chi connectivity index (χ1v) is 9.74. The number of amides is 1. The van der Waals surface area contributed by atoms with E-state index in [1.54, 1.807) is 38.1 Å². The number of carbonyl (C=O) groups excluding carboxylic acids is 4. The van der Waals surface area contributed by atoms with E-state index >= 15 is 0 Å². The number of carbonyl (C=O) groups is 4. The Kier molecular flexibility index (Phi) is 8.34. The Morgan fingerprint density at radius 2 is 1.50 bits per heavy atom. The average Bonchev–Trinajstić information content (AvgIpc) is 3.04. The van der Waals surface area contributed by atoms with Crippen molar-refractivity contribution in [2.45, 2.75) is 40.0 Å². The van der Waals surface area contributed by atoms with Gasteiger partial charge in [-0.3, -0.25) is 14.9 Å². The summed E-state index contributed by atoms with van der Waals surface area (Å²) in [6, 6.07) is 8.81. The van der Waals surface area contributed by atoms with E-state index in [0.29, 0.717) is 12.0 Å². The summed E-state index contributed by atoms with van der Waals surface area (Å²) < 4.78 is 15.4. The summed E-state index contributed by atoms with van der Waals surface area (Å²) in [5, 5.41) is 2.50. The lowest BCUT2D eigenvalue weighted by molar-refractivity contribution is -0.116. The molecular weight excluding hydrogens is 390 g/mol. The topological polar surface area (TPSA) is 112 Å². The van der Waals surface area contributed by atoms with Gasteiger partial charge in [0.2, 0.25) is 11.8 Å². The zero-order valence-corrected chi connectivity index (χ0v) is 17.3. The van der Waals surface area contributed by atoms with Gasteiger partial charge in [0.15, 0.2) is 5.78 Å². The SMILES string of the molecule is CCOC(=O)c1c(C)oc(NC(=O)CCCC(=O)c2ccccc2)c1C(=O)OCC. The standard InChI is InChI=1S/C22H25NO7/c1-4-28-21(26)18-14(3)30-20(19(18)22(27)29-5-2)23-17(25)13-9-12-16(24)15-10-7-6-8-11-15/h6-8,10-11H,4-5,9,12-13H2,1-3H3,(H,23,25). The summed E-state index contributed by atoms with van der Waals surface area (Å²) in [5.41, 5.74) is 0.328. The predicted octanol–water partition coefficient (Wildman–Crippen LogP) is 3.93. The van der Waals surface area contributed by atoms with E-state index in [1.807, 2.05) is 6.07 Å². The van der Waals surface area contributed by atoms with Crippen LogP contribution in [0.15, 0.2) is 34.7 Å². The molecule has 1 heterocycles. The summed E-state index contributed by atoms with van der Waals surface area (Å²) in [6.07, 6.45) is 0.557. The first kappa shape index (κ1) is 22.9. The highest BCUT2D eigenvalue weighted by Gasteiger charge is 2.31. The number of hydrogen-bond acceptors (Lipinski definition) is 7. The van der Waals surface area contributed by atoms with Crippen LogP contribution in [0.2, 0.25) is 0 Å². The number of hydrogen-bond donors (Lipinski definition) is 1. The van der Waals surface area contributed by atoms with Gasteiger partial charge in [0.05, 0.1) is 13.2 Å². The van der Waals surface area contributed by atoms with Crippen LogP contribution in [-0.4, -0.2) is 36.8 Å². The minimum Gasteiger partial charge on any atom is -0.462 e. The largest absolute Gasteiger partial charge is 0.462 e. The second-order valence-corrected chi connectivity index (χ2v) is 6.37. The molecule has 0 aliphatic heterocycles. The third-order valence-corrected chi connectivity index (χ3v) is 4.20. The average molecular weight is 415 g/mol. The Morgan fingerprint density at radius 3 is 2.10 bits per heavy atom. The van der Waals surface area contributed by atoms with Gasteiger partial charge in [0.1, 0.15) is 16.9 Å². The van der Waals surface area contributed by atoms with E-state index in [2.05, 4.69) is 5.32 Å². The molecule has 160 valence electrons. The molecule has 8 heteroatoms. The Hall–Kier alpha value is -3.42. The summed E-state index contributed by atoms with van der Waals surface area (Å²) in [7, 11) is 0. The molecule has 0 spiro atoms. The van der Waals surface area contributed by atoms with E-state index in [0.717, 1.165) is 0 Å². The number of ether oxygens (including phenoxy) is 2. The smallest absolute Gasteiger partial charge is 0.344 e. The molecule has 0 unspecified atom stereocenters. The molecule has 2 rings (SSSR count). The molecule has 0 atom stereocenters. The van der Waals surface area contributed by atoms with Crippen molar-refractivity contribution in [1.29, 1.82) is 0 Å². The van der Waals surface area contributed by atoms with Crippen LogP contribution in [0.3, 0.4) is 0 Å². The van der Waals surface area contributed by atoms with Gasteiger partial charge in [-0.05, 0) is 27.2 Å². The monoisotopic (exact) mass is 415 g/mol. The van der Waals surface area contributed by atoms with Gasteiger partial charge in [-0.25, -0.2) is 9.59 Å². The lowest BCUT2D eigenvalue weighted by Crippen LogP contribution is -2.17. The maximum absolute atomic E-state index is 12.4. The number of Topliss-reactive ketones (excluding diaryl/α,β-unsaturated/α-hetero) is 1. The minimum atomic E-state index is -0.799. The maximum atomic E-state index is 12.4. The molecule has 0 bridgehead atoms. The Morgan fingerprint density at radius 1 is 0.900 bits per heavy atom. The summed E-state index contributed by atoms with van der Waals surface area (Å²) in [6.45, 7) is 4.94. The molecule has 1 aromatic heterocycles.